The molecule has 0 aliphatic carbocycles. The lowest BCUT2D eigenvalue weighted by Gasteiger charge is -2.26. The van der Waals surface area contributed by atoms with E-state index in [1.54, 1.807) is 0 Å². The van der Waals surface area contributed by atoms with Gasteiger partial charge in [0.1, 0.15) is 5.82 Å². The van der Waals surface area contributed by atoms with Gasteiger partial charge in [0.05, 0.1) is 12.6 Å². The summed E-state index contributed by atoms with van der Waals surface area (Å²) in [7, 11) is 0. The van der Waals surface area contributed by atoms with Gasteiger partial charge in [-0.05, 0) is 26.2 Å². The van der Waals surface area contributed by atoms with E-state index in [2.05, 4.69) is 27.1 Å². The first kappa shape index (κ1) is 13.1. The van der Waals surface area contributed by atoms with Crippen molar-refractivity contribution >= 4 is 11.8 Å². The Hall–Kier alpha value is -1.36. The van der Waals surface area contributed by atoms with Gasteiger partial charge in [0.25, 0.3) is 0 Å². The third kappa shape index (κ3) is 2.56. The fourth-order valence-electron chi connectivity index (χ4n) is 2.51. The fourth-order valence-corrected chi connectivity index (χ4v) is 2.51. The van der Waals surface area contributed by atoms with Crippen molar-refractivity contribution in [2.45, 2.75) is 33.2 Å². The van der Waals surface area contributed by atoms with Gasteiger partial charge in [-0.3, -0.25) is 0 Å². The summed E-state index contributed by atoms with van der Waals surface area (Å²) in [6.45, 7) is 8.12. The maximum atomic E-state index is 9.51. The van der Waals surface area contributed by atoms with E-state index in [-0.39, 0.29) is 12.6 Å². The molecule has 1 aromatic rings. The normalized spacial score (nSPS) is 23.4. The molecule has 2 atom stereocenters. The van der Waals surface area contributed by atoms with Crippen LogP contribution in [0, 0.1) is 12.8 Å². The predicted octanol–water partition coefficient (Wildman–Crippen LogP) is 1.42. The molecule has 2 N–H and O–H groups in total. The highest BCUT2D eigenvalue weighted by Gasteiger charge is 2.31. The Morgan fingerprint density at radius 3 is 2.94 bits per heavy atom. The van der Waals surface area contributed by atoms with Crippen molar-refractivity contribution in [2.24, 2.45) is 5.92 Å². The third-order valence-corrected chi connectivity index (χ3v) is 3.54. The Balaban J connectivity index is 2.27. The Kier molecular flexibility index (Phi) is 4.01. The number of anilines is 2. The number of aliphatic hydroxyl groups is 1. The summed E-state index contributed by atoms with van der Waals surface area (Å²) in [5, 5.41) is 12.7. The number of aromatic nitrogens is 2. The summed E-state index contributed by atoms with van der Waals surface area (Å²) >= 11 is 0. The van der Waals surface area contributed by atoms with Crippen LogP contribution >= 0.6 is 0 Å². The van der Waals surface area contributed by atoms with Crippen molar-refractivity contribution in [3.8, 4) is 0 Å². The summed E-state index contributed by atoms with van der Waals surface area (Å²) in [6, 6.07) is 2.16. The van der Waals surface area contributed by atoms with Crippen LogP contribution < -0.4 is 10.2 Å². The molecule has 0 saturated carbocycles. The van der Waals surface area contributed by atoms with Crippen molar-refractivity contribution in [3.63, 3.8) is 0 Å². The number of aryl methyl sites for hydroxylation is 1. The van der Waals surface area contributed by atoms with Gasteiger partial charge in [-0.2, -0.15) is 4.98 Å². The molecule has 1 aliphatic heterocycles. The number of rotatable bonds is 4. The molecular weight excluding hydrogens is 228 g/mol. The average Bonchev–Trinajstić information content (AvgIpc) is 2.70. The second kappa shape index (κ2) is 5.52. The summed E-state index contributed by atoms with van der Waals surface area (Å²) in [5.41, 5.74) is 0.951. The molecule has 0 bridgehead atoms. The van der Waals surface area contributed by atoms with Gasteiger partial charge in [-0.15, -0.1) is 0 Å². The average molecular weight is 250 g/mol. The Morgan fingerprint density at radius 2 is 2.28 bits per heavy atom. The van der Waals surface area contributed by atoms with Gasteiger partial charge in [-0.1, -0.05) is 6.92 Å². The quantitative estimate of drug-likeness (QED) is 0.846. The second-order valence-corrected chi connectivity index (χ2v) is 4.93. The number of nitrogens with one attached hydrogen (secondary N) is 1. The van der Waals surface area contributed by atoms with Crippen molar-refractivity contribution in [3.05, 3.63) is 11.8 Å². The minimum absolute atomic E-state index is 0.175. The summed E-state index contributed by atoms with van der Waals surface area (Å²) in [4.78, 5) is 11.1. The van der Waals surface area contributed by atoms with Gasteiger partial charge in [0, 0.05) is 24.8 Å². The summed E-state index contributed by atoms with van der Waals surface area (Å²) in [5.74, 6) is 2.10. The van der Waals surface area contributed by atoms with E-state index in [1.165, 1.54) is 0 Å². The highest BCUT2D eigenvalue weighted by molar-refractivity contribution is 5.46. The van der Waals surface area contributed by atoms with E-state index >= 15 is 0 Å². The minimum Gasteiger partial charge on any atom is -0.394 e. The van der Waals surface area contributed by atoms with Crippen LogP contribution in [0.5, 0.6) is 0 Å². The molecule has 18 heavy (non-hydrogen) atoms. The third-order valence-electron chi connectivity index (χ3n) is 3.54. The van der Waals surface area contributed by atoms with E-state index in [0.717, 1.165) is 31.0 Å². The number of aliphatic hydroxyl groups excluding tert-OH is 1. The summed E-state index contributed by atoms with van der Waals surface area (Å²) < 4.78 is 0. The molecule has 1 aliphatic rings. The number of nitrogens with zero attached hydrogens (tertiary/aromatic N) is 3. The van der Waals surface area contributed by atoms with Crippen LogP contribution in [0.2, 0.25) is 0 Å². The smallest absolute Gasteiger partial charge is 0.224 e. The van der Waals surface area contributed by atoms with E-state index in [1.807, 2.05) is 19.9 Å². The van der Waals surface area contributed by atoms with Crippen LogP contribution in [0.15, 0.2) is 6.07 Å². The molecule has 0 aromatic carbocycles. The fraction of sp³-hybridized carbons (Fsp3) is 0.692. The zero-order valence-corrected chi connectivity index (χ0v) is 11.3. The molecule has 100 valence electrons. The number of hydrogen-bond acceptors (Lipinski definition) is 5. The number of hydrogen-bond donors (Lipinski definition) is 2. The summed E-state index contributed by atoms with van der Waals surface area (Å²) in [6.07, 6.45) is 1.10. The van der Waals surface area contributed by atoms with E-state index in [0.29, 0.717) is 11.9 Å². The van der Waals surface area contributed by atoms with Crippen LogP contribution in [-0.4, -0.2) is 40.8 Å². The van der Waals surface area contributed by atoms with Gasteiger partial charge < -0.3 is 15.3 Å². The lowest BCUT2D eigenvalue weighted by molar-refractivity contribution is 0.244. The van der Waals surface area contributed by atoms with Crippen LogP contribution in [-0.2, 0) is 0 Å². The maximum Gasteiger partial charge on any atom is 0.224 e. The van der Waals surface area contributed by atoms with Crippen molar-refractivity contribution in [2.75, 3.05) is 29.9 Å². The highest BCUT2D eigenvalue weighted by Crippen LogP contribution is 2.28. The zero-order chi connectivity index (χ0) is 13.1. The molecule has 5 heteroatoms. The maximum absolute atomic E-state index is 9.51. The highest BCUT2D eigenvalue weighted by atomic mass is 16.3. The molecular formula is C13H22N4O. The molecule has 0 radical (unpaired) electrons. The van der Waals surface area contributed by atoms with Crippen molar-refractivity contribution in [1.82, 2.24) is 9.97 Å². The molecule has 1 aromatic heterocycles. The molecule has 1 fully saturated rings. The molecule has 2 heterocycles. The largest absolute Gasteiger partial charge is 0.394 e. The van der Waals surface area contributed by atoms with Gasteiger partial charge in [0.2, 0.25) is 5.95 Å². The first-order valence-corrected chi connectivity index (χ1v) is 6.62. The van der Waals surface area contributed by atoms with Crippen LogP contribution in [0.25, 0.3) is 0 Å². The Bertz CT molecular complexity index is 410. The monoisotopic (exact) mass is 250 g/mol. The van der Waals surface area contributed by atoms with Gasteiger partial charge >= 0.3 is 0 Å². The molecule has 2 unspecified atom stereocenters. The lowest BCUT2D eigenvalue weighted by Crippen LogP contribution is -2.36. The van der Waals surface area contributed by atoms with Crippen LogP contribution in [0.4, 0.5) is 11.8 Å². The van der Waals surface area contributed by atoms with Gasteiger partial charge in [-0.25, -0.2) is 4.98 Å². The van der Waals surface area contributed by atoms with Crippen molar-refractivity contribution < 1.29 is 5.11 Å². The van der Waals surface area contributed by atoms with Crippen molar-refractivity contribution in [1.29, 1.82) is 0 Å². The molecule has 2 rings (SSSR count). The second-order valence-electron chi connectivity index (χ2n) is 4.93. The topological polar surface area (TPSA) is 61.3 Å². The molecule has 5 nitrogen and oxygen atoms in total. The standard InChI is InChI=1S/C13H22N4O/c1-4-14-13-15-10(3)7-12(16-13)17-6-5-9(2)11(17)8-18/h7,9,11,18H,4-6,8H2,1-3H3,(H,14,15,16). The van der Waals surface area contributed by atoms with Crippen LogP contribution in [0.3, 0.4) is 0 Å². The molecule has 0 spiro atoms. The van der Waals surface area contributed by atoms with Gasteiger partial charge in [0.15, 0.2) is 0 Å². The van der Waals surface area contributed by atoms with Crippen LogP contribution in [0.1, 0.15) is 26.0 Å². The lowest BCUT2D eigenvalue weighted by atomic mass is 10.0. The molecule has 0 amide bonds. The Labute approximate surface area is 108 Å². The molecule has 1 saturated heterocycles. The predicted molar refractivity (Wildman–Crippen MR) is 72.9 cm³/mol. The van der Waals surface area contributed by atoms with E-state index < -0.39 is 0 Å². The first-order valence-electron chi connectivity index (χ1n) is 6.62. The Morgan fingerprint density at radius 1 is 1.50 bits per heavy atom. The van der Waals surface area contributed by atoms with E-state index in [9.17, 15) is 5.11 Å². The first-order chi connectivity index (χ1) is 8.65. The minimum atomic E-state index is 0.175. The van der Waals surface area contributed by atoms with E-state index in [4.69, 9.17) is 0 Å². The SMILES string of the molecule is CCNc1nc(C)cc(N2CCC(C)C2CO)n1. The zero-order valence-electron chi connectivity index (χ0n) is 11.3.